The Morgan fingerprint density at radius 1 is 0.525 bits per heavy atom. The first kappa shape index (κ1) is 37.0. The van der Waals surface area contributed by atoms with Gasteiger partial charge in [-0.2, -0.15) is 0 Å². The van der Waals surface area contributed by atoms with Crippen molar-refractivity contribution in [3.63, 3.8) is 0 Å². The van der Waals surface area contributed by atoms with E-state index in [0.29, 0.717) is 6.42 Å². The molecule has 4 unspecified atom stereocenters. The van der Waals surface area contributed by atoms with Gasteiger partial charge in [-0.25, -0.2) is 0 Å². The lowest BCUT2D eigenvalue weighted by Crippen LogP contribution is -2.57. The third kappa shape index (κ3) is 17.6. The summed E-state index contributed by atoms with van der Waals surface area (Å²) in [5.41, 5.74) is 0. The van der Waals surface area contributed by atoms with Crippen LogP contribution in [0.1, 0.15) is 91.9 Å². The van der Waals surface area contributed by atoms with Crippen LogP contribution >= 0.6 is 0 Å². The zero-order valence-electron chi connectivity index (χ0n) is 24.9. The molecule has 0 saturated carbocycles. The van der Waals surface area contributed by atoms with Crippen LogP contribution < -0.4 is 26.6 Å². The van der Waals surface area contributed by atoms with Crippen molar-refractivity contribution in [3.05, 3.63) is 0 Å². The SMILES string of the molecule is CNCCCCC(CC(C)=O)NC(=O)C(CCC(C)=O)NC(=O)C(CCC(C)=O)NC(=O)C(CCC(C)=O)NC. The molecule has 0 rings (SSSR count). The van der Waals surface area contributed by atoms with Crippen LogP contribution in [0.5, 0.6) is 0 Å². The summed E-state index contributed by atoms with van der Waals surface area (Å²) in [6, 6.07) is -3.36. The number of hydrogen-bond acceptors (Lipinski definition) is 9. The fourth-order valence-corrected chi connectivity index (χ4v) is 4.10. The summed E-state index contributed by atoms with van der Waals surface area (Å²) in [7, 11) is 3.40. The molecule has 0 aliphatic rings. The van der Waals surface area contributed by atoms with Crippen molar-refractivity contribution in [1.82, 2.24) is 26.6 Å². The van der Waals surface area contributed by atoms with Crippen molar-refractivity contribution in [2.75, 3.05) is 20.6 Å². The van der Waals surface area contributed by atoms with Crippen LogP contribution in [0, 0.1) is 0 Å². The zero-order chi connectivity index (χ0) is 30.7. The van der Waals surface area contributed by atoms with Gasteiger partial charge in [-0.3, -0.25) is 19.2 Å². The summed E-state index contributed by atoms with van der Waals surface area (Å²) < 4.78 is 0. The van der Waals surface area contributed by atoms with Gasteiger partial charge >= 0.3 is 0 Å². The second-order valence-corrected chi connectivity index (χ2v) is 10.4. The van der Waals surface area contributed by atoms with Crippen molar-refractivity contribution in [2.24, 2.45) is 0 Å². The van der Waals surface area contributed by atoms with E-state index >= 15 is 0 Å². The summed E-state index contributed by atoms with van der Waals surface area (Å²) in [6.45, 7) is 6.41. The largest absolute Gasteiger partial charge is 0.351 e. The van der Waals surface area contributed by atoms with E-state index in [4.69, 9.17) is 0 Å². The fraction of sp³-hybridized carbons (Fsp3) is 0.750. The van der Waals surface area contributed by atoms with Gasteiger partial charge in [0, 0.05) is 31.7 Å². The smallest absolute Gasteiger partial charge is 0.243 e. The van der Waals surface area contributed by atoms with Crippen LogP contribution in [0.4, 0.5) is 0 Å². The highest BCUT2D eigenvalue weighted by molar-refractivity contribution is 5.94. The highest BCUT2D eigenvalue weighted by Crippen LogP contribution is 2.09. The third-order valence-corrected chi connectivity index (χ3v) is 6.40. The molecule has 40 heavy (non-hydrogen) atoms. The molecule has 3 amide bonds. The third-order valence-electron chi connectivity index (χ3n) is 6.40. The molecule has 0 bridgehead atoms. The van der Waals surface area contributed by atoms with E-state index in [1.807, 2.05) is 7.05 Å². The molecule has 0 aromatic carbocycles. The lowest BCUT2D eigenvalue weighted by molar-refractivity contribution is -0.133. The molecule has 0 fully saturated rings. The zero-order valence-corrected chi connectivity index (χ0v) is 24.9. The minimum absolute atomic E-state index is 0.00945. The Balaban J connectivity index is 5.71. The molecular weight excluding hydrogens is 518 g/mol. The van der Waals surface area contributed by atoms with Gasteiger partial charge in [0.25, 0.3) is 0 Å². The Hall–Kier alpha value is -2.99. The lowest BCUT2D eigenvalue weighted by atomic mass is 10.0. The minimum atomic E-state index is -1.12. The summed E-state index contributed by atoms with van der Waals surface area (Å²) >= 11 is 0. The summed E-state index contributed by atoms with van der Waals surface area (Å²) in [5, 5.41) is 14.0. The van der Waals surface area contributed by atoms with Crippen LogP contribution in [0.25, 0.3) is 0 Å². The molecular formula is C28H49N5O7. The van der Waals surface area contributed by atoms with Crippen LogP contribution in [0.2, 0.25) is 0 Å². The average molecular weight is 568 g/mol. The number of Topliss-reactive ketones (excluding diaryl/α,β-unsaturated/α-hetero) is 4. The van der Waals surface area contributed by atoms with Crippen molar-refractivity contribution >= 4 is 40.9 Å². The molecule has 5 N–H and O–H groups in total. The van der Waals surface area contributed by atoms with Crippen molar-refractivity contribution in [1.29, 1.82) is 0 Å². The number of ketones is 4. The van der Waals surface area contributed by atoms with Gasteiger partial charge in [-0.1, -0.05) is 6.42 Å². The maximum absolute atomic E-state index is 13.3. The van der Waals surface area contributed by atoms with Gasteiger partial charge in [0.1, 0.15) is 35.2 Å². The maximum atomic E-state index is 13.3. The molecule has 0 aliphatic carbocycles. The van der Waals surface area contributed by atoms with Gasteiger partial charge < -0.3 is 41.0 Å². The van der Waals surface area contributed by atoms with E-state index in [0.717, 1.165) is 19.4 Å². The summed E-state index contributed by atoms with van der Waals surface area (Å²) in [4.78, 5) is 85.9. The van der Waals surface area contributed by atoms with Crippen LogP contribution in [0.3, 0.4) is 0 Å². The molecule has 0 aromatic heterocycles. The second-order valence-electron chi connectivity index (χ2n) is 10.4. The van der Waals surface area contributed by atoms with Gasteiger partial charge in [0.15, 0.2) is 0 Å². The Morgan fingerprint density at radius 3 is 1.35 bits per heavy atom. The maximum Gasteiger partial charge on any atom is 0.243 e. The first-order valence-electron chi connectivity index (χ1n) is 14.0. The number of carbonyl (C=O) groups excluding carboxylic acids is 7. The quantitative estimate of drug-likeness (QED) is 0.110. The second kappa shape index (κ2) is 20.8. The summed E-state index contributed by atoms with van der Waals surface area (Å²) in [5.74, 6) is -2.21. The predicted octanol–water partition coefficient (Wildman–Crippen LogP) is 0.505. The molecule has 0 spiro atoms. The number of amides is 3. The molecule has 0 aromatic rings. The van der Waals surface area contributed by atoms with Crippen molar-refractivity contribution in [2.45, 2.75) is 116 Å². The molecule has 12 heteroatoms. The Morgan fingerprint density at radius 2 is 0.950 bits per heavy atom. The van der Waals surface area contributed by atoms with E-state index in [-0.39, 0.29) is 68.1 Å². The number of likely N-dealkylation sites (N-methyl/N-ethyl adjacent to an activating group) is 1. The minimum Gasteiger partial charge on any atom is -0.351 e. The highest BCUT2D eigenvalue weighted by atomic mass is 16.2. The molecule has 12 nitrogen and oxygen atoms in total. The van der Waals surface area contributed by atoms with Crippen molar-refractivity contribution in [3.8, 4) is 0 Å². The Bertz CT molecular complexity index is 877. The van der Waals surface area contributed by atoms with Crippen molar-refractivity contribution < 1.29 is 33.6 Å². The van der Waals surface area contributed by atoms with Crippen LogP contribution in [-0.2, 0) is 33.6 Å². The first-order valence-corrected chi connectivity index (χ1v) is 14.0. The lowest BCUT2D eigenvalue weighted by Gasteiger charge is -2.26. The van der Waals surface area contributed by atoms with Gasteiger partial charge in [-0.05, 0) is 80.4 Å². The molecule has 0 heterocycles. The molecule has 0 aliphatic heterocycles. The van der Waals surface area contributed by atoms with E-state index in [2.05, 4.69) is 26.6 Å². The highest BCUT2D eigenvalue weighted by Gasteiger charge is 2.30. The average Bonchev–Trinajstić information content (AvgIpc) is 2.86. The van der Waals surface area contributed by atoms with E-state index in [9.17, 15) is 33.6 Å². The van der Waals surface area contributed by atoms with E-state index in [1.54, 1.807) is 7.05 Å². The number of hydrogen-bond donors (Lipinski definition) is 5. The Labute approximate surface area is 237 Å². The normalized spacial score (nSPS) is 13.8. The standard InChI is InChI=1S/C28H49N5O7/c1-18(34)10-13-23(30-6)26(38)32-25(15-12-20(3)36)28(40)33-24(14-11-19(2)35)27(39)31-22(17-21(4)37)9-7-8-16-29-5/h22-25,29-30H,7-17H2,1-6H3,(H,31,39)(H,32,38)(H,33,40). The fourth-order valence-electron chi connectivity index (χ4n) is 4.10. The van der Waals surface area contributed by atoms with Crippen LogP contribution in [0.15, 0.2) is 0 Å². The first-order chi connectivity index (χ1) is 18.8. The van der Waals surface area contributed by atoms with E-state index < -0.39 is 41.9 Å². The number of nitrogens with one attached hydrogen (secondary N) is 5. The molecule has 228 valence electrons. The van der Waals surface area contributed by atoms with Crippen LogP contribution in [-0.4, -0.2) is 85.7 Å². The molecule has 0 saturated heterocycles. The number of rotatable bonds is 23. The molecule has 0 radical (unpaired) electrons. The topological polar surface area (TPSA) is 180 Å². The van der Waals surface area contributed by atoms with Gasteiger partial charge in [0.05, 0.1) is 6.04 Å². The Kier molecular flexibility index (Phi) is 19.3. The van der Waals surface area contributed by atoms with E-state index in [1.165, 1.54) is 27.7 Å². The number of unbranched alkanes of at least 4 members (excludes halogenated alkanes) is 1. The number of carbonyl (C=O) groups is 7. The van der Waals surface area contributed by atoms with Gasteiger partial charge in [-0.15, -0.1) is 0 Å². The predicted molar refractivity (Wildman–Crippen MR) is 151 cm³/mol. The summed E-state index contributed by atoms with van der Waals surface area (Å²) in [6.07, 6.45) is 2.86. The van der Waals surface area contributed by atoms with Gasteiger partial charge in [0.2, 0.25) is 17.7 Å². The molecule has 4 atom stereocenters. The monoisotopic (exact) mass is 567 g/mol.